The Morgan fingerprint density at radius 3 is 2.29 bits per heavy atom. The highest BCUT2D eigenvalue weighted by atomic mass is 35.5. The number of halogens is 1. The molecule has 0 aliphatic heterocycles. The fraction of sp³-hybridized carbons (Fsp3) is 0.632. The maximum atomic E-state index is 12.2. The van der Waals surface area contributed by atoms with E-state index < -0.39 is 5.60 Å². The van der Waals surface area contributed by atoms with Gasteiger partial charge in [0.25, 0.3) is 0 Å². The first-order valence-corrected chi connectivity index (χ1v) is 8.99. The largest absolute Gasteiger partial charge is 0.444 e. The average Bonchev–Trinajstić information content (AvgIpc) is 2.50. The molecule has 1 aromatic carbocycles. The van der Waals surface area contributed by atoms with Gasteiger partial charge in [0, 0.05) is 17.6 Å². The third-order valence-corrected chi connectivity index (χ3v) is 4.58. The fourth-order valence-corrected chi connectivity index (χ4v) is 2.83. The molecule has 1 amide bonds. The van der Waals surface area contributed by atoms with E-state index in [-0.39, 0.29) is 17.7 Å². The molecule has 5 heteroatoms. The Morgan fingerprint density at radius 1 is 1.21 bits per heavy atom. The molecule has 0 aliphatic carbocycles. The third-order valence-electron chi connectivity index (χ3n) is 4.24. The van der Waals surface area contributed by atoms with Crippen molar-refractivity contribution in [3.8, 4) is 0 Å². The number of benzene rings is 1. The van der Waals surface area contributed by atoms with Crippen molar-refractivity contribution >= 4 is 17.7 Å². The van der Waals surface area contributed by atoms with Crippen molar-refractivity contribution in [3.63, 3.8) is 0 Å². The van der Waals surface area contributed by atoms with Gasteiger partial charge in [-0.3, -0.25) is 0 Å². The molecule has 4 nitrogen and oxygen atoms in total. The topological polar surface area (TPSA) is 50.4 Å². The quantitative estimate of drug-likeness (QED) is 0.718. The number of hydrogen-bond donors (Lipinski definition) is 2. The number of ether oxygens (including phenoxy) is 1. The molecule has 1 rings (SSSR count). The van der Waals surface area contributed by atoms with Crippen LogP contribution in [0.15, 0.2) is 24.3 Å². The number of nitrogens with one attached hydrogen (secondary N) is 2. The van der Waals surface area contributed by atoms with Crippen molar-refractivity contribution < 1.29 is 9.53 Å². The molecule has 0 saturated carbocycles. The Hall–Kier alpha value is -1.26. The highest BCUT2D eigenvalue weighted by Crippen LogP contribution is 2.23. The SMILES string of the molecule is CCC(CC)(CNC(C)c1ccccc1Cl)NC(=O)OC(C)(C)C. The Morgan fingerprint density at radius 2 is 1.79 bits per heavy atom. The smallest absolute Gasteiger partial charge is 0.408 e. The predicted octanol–water partition coefficient (Wildman–Crippen LogP) is 5.07. The predicted molar refractivity (Wildman–Crippen MR) is 101 cm³/mol. The highest BCUT2D eigenvalue weighted by molar-refractivity contribution is 6.31. The molecule has 0 spiro atoms. The van der Waals surface area contributed by atoms with E-state index in [0.717, 1.165) is 23.4 Å². The van der Waals surface area contributed by atoms with E-state index in [9.17, 15) is 4.79 Å². The zero-order valence-electron chi connectivity index (χ0n) is 15.7. The van der Waals surface area contributed by atoms with E-state index in [1.165, 1.54) is 0 Å². The molecule has 0 fully saturated rings. The van der Waals surface area contributed by atoms with Gasteiger partial charge < -0.3 is 15.4 Å². The van der Waals surface area contributed by atoms with Gasteiger partial charge in [-0.1, -0.05) is 43.6 Å². The van der Waals surface area contributed by atoms with Gasteiger partial charge in [-0.25, -0.2) is 4.79 Å². The summed E-state index contributed by atoms with van der Waals surface area (Å²) in [6, 6.07) is 7.90. The molecule has 0 saturated heterocycles. The minimum Gasteiger partial charge on any atom is -0.444 e. The number of rotatable bonds is 7. The summed E-state index contributed by atoms with van der Waals surface area (Å²) in [5.74, 6) is 0. The minimum atomic E-state index is -0.504. The normalized spacial score (nSPS) is 13.5. The molecular weight excluding hydrogens is 324 g/mol. The molecule has 24 heavy (non-hydrogen) atoms. The van der Waals surface area contributed by atoms with Crippen molar-refractivity contribution in [2.24, 2.45) is 0 Å². The Balaban J connectivity index is 2.74. The first-order valence-electron chi connectivity index (χ1n) is 8.61. The van der Waals surface area contributed by atoms with Crippen LogP contribution < -0.4 is 10.6 Å². The van der Waals surface area contributed by atoms with Gasteiger partial charge in [0.1, 0.15) is 5.60 Å². The zero-order chi connectivity index (χ0) is 18.4. The molecule has 136 valence electrons. The number of carbonyl (C=O) groups excluding carboxylic acids is 1. The minimum absolute atomic E-state index is 0.0941. The second-order valence-electron chi connectivity index (χ2n) is 7.24. The monoisotopic (exact) mass is 354 g/mol. The maximum absolute atomic E-state index is 12.2. The Bertz CT molecular complexity index is 536. The lowest BCUT2D eigenvalue weighted by molar-refractivity contribution is 0.0444. The van der Waals surface area contributed by atoms with Crippen molar-refractivity contribution in [2.45, 2.75) is 71.6 Å². The molecule has 1 atom stereocenters. The van der Waals surface area contributed by atoms with Crippen LogP contribution >= 0.6 is 11.6 Å². The zero-order valence-corrected chi connectivity index (χ0v) is 16.5. The molecule has 2 N–H and O–H groups in total. The molecule has 0 heterocycles. The van der Waals surface area contributed by atoms with Gasteiger partial charge in [0.05, 0.1) is 5.54 Å². The highest BCUT2D eigenvalue weighted by Gasteiger charge is 2.30. The van der Waals surface area contributed by atoms with Crippen LogP contribution in [-0.2, 0) is 4.74 Å². The van der Waals surface area contributed by atoms with Gasteiger partial charge in [-0.05, 0) is 52.2 Å². The number of amides is 1. The molecule has 1 aromatic rings. The van der Waals surface area contributed by atoms with Gasteiger partial charge in [0.2, 0.25) is 0 Å². The maximum Gasteiger partial charge on any atom is 0.408 e. The summed E-state index contributed by atoms with van der Waals surface area (Å²) in [6.07, 6.45) is 1.24. The summed E-state index contributed by atoms with van der Waals surface area (Å²) in [5, 5.41) is 7.29. The lowest BCUT2D eigenvalue weighted by Gasteiger charge is -2.35. The summed E-state index contributed by atoms with van der Waals surface area (Å²) >= 11 is 6.26. The first-order chi connectivity index (χ1) is 11.1. The molecule has 0 aliphatic rings. The molecule has 0 aromatic heterocycles. The Kier molecular flexibility index (Phi) is 7.56. The van der Waals surface area contributed by atoms with E-state index in [1.807, 2.05) is 45.0 Å². The van der Waals surface area contributed by atoms with Crippen LogP contribution in [0.5, 0.6) is 0 Å². The lowest BCUT2D eigenvalue weighted by Crippen LogP contribution is -2.55. The second kappa shape index (κ2) is 8.72. The summed E-state index contributed by atoms with van der Waals surface area (Å²) in [5.41, 5.74) is 0.200. The first kappa shape index (κ1) is 20.8. The summed E-state index contributed by atoms with van der Waals surface area (Å²) in [7, 11) is 0. The van der Waals surface area contributed by atoms with Crippen molar-refractivity contribution in [1.29, 1.82) is 0 Å². The summed E-state index contributed by atoms with van der Waals surface area (Å²) < 4.78 is 5.41. The van der Waals surface area contributed by atoms with E-state index in [2.05, 4.69) is 31.4 Å². The van der Waals surface area contributed by atoms with Crippen LogP contribution in [0.1, 0.15) is 66.0 Å². The Labute approximate surface area is 151 Å². The number of hydrogen-bond acceptors (Lipinski definition) is 3. The van der Waals surface area contributed by atoms with E-state index >= 15 is 0 Å². The average molecular weight is 355 g/mol. The summed E-state index contributed by atoms with van der Waals surface area (Å²) in [6.45, 7) is 12.5. The van der Waals surface area contributed by atoms with Crippen LogP contribution in [0.3, 0.4) is 0 Å². The van der Waals surface area contributed by atoms with E-state index in [1.54, 1.807) is 0 Å². The summed E-state index contributed by atoms with van der Waals surface area (Å²) in [4.78, 5) is 12.2. The van der Waals surface area contributed by atoms with Crippen LogP contribution in [0.25, 0.3) is 0 Å². The van der Waals surface area contributed by atoms with Crippen LogP contribution in [0.2, 0.25) is 5.02 Å². The standard InChI is InChI=1S/C19H31ClN2O2/c1-7-19(8-2,22-17(23)24-18(4,5)6)13-21-14(3)15-11-9-10-12-16(15)20/h9-12,14,21H,7-8,13H2,1-6H3,(H,22,23). The van der Waals surface area contributed by atoms with Crippen LogP contribution in [0.4, 0.5) is 4.79 Å². The van der Waals surface area contributed by atoms with E-state index in [4.69, 9.17) is 16.3 Å². The molecular formula is C19H31ClN2O2. The van der Waals surface area contributed by atoms with E-state index in [0.29, 0.717) is 6.54 Å². The lowest BCUT2D eigenvalue weighted by atomic mass is 9.92. The van der Waals surface area contributed by atoms with Crippen LogP contribution in [-0.4, -0.2) is 23.8 Å². The van der Waals surface area contributed by atoms with Crippen molar-refractivity contribution in [3.05, 3.63) is 34.9 Å². The second-order valence-corrected chi connectivity index (χ2v) is 7.65. The van der Waals surface area contributed by atoms with Crippen LogP contribution in [0, 0.1) is 0 Å². The number of alkyl carbamates (subject to hydrolysis) is 1. The molecule has 1 unspecified atom stereocenters. The van der Waals surface area contributed by atoms with Gasteiger partial charge >= 0.3 is 6.09 Å². The van der Waals surface area contributed by atoms with Gasteiger partial charge in [-0.2, -0.15) is 0 Å². The van der Waals surface area contributed by atoms with Gasteiger partial charge in [-0.15, -0.1) is 0 Å². The molecule has 0 radical (unpaired) electrons. The van der Waals surface area contributed by atoms with Crippen molar-refractivity contribution in [1.82, 2.24) is 10.6 Å². The molecule has 0 bridgehead atoms. The third kappa shape index (κ3) is 6.33. The number of carbonyl (C=O) groups is 1. The van der Waals surface area contributed by atoms with Crippen molar-refractivity contribution in [2.75, 3.05) is 6.54 Å². The van der Waals surface area contributed by atoms with Gasteiger partial charge in [0.15, 0.2) is 0 Å². The fourth-order valence-electron chi connectivity index (χ4n) is 2.53.